The summed E-state index contributed by atoms with van der Waals surface area (Å²) >= 11 is 0. The molecule has 0 aromatic heterocycles. The predicted molar refractivity (Wildman–Crippen MR) is 83.1 cm³/mol. The lowest BCUT2D eigenvalue weighted by Crippen LogP contribution is -2.47. The minimum absolute atomic E-state index is 0.289. The van der Waals surface area contributed by atoms with Gasteiger partial charge < -0.3 is 9.47 Å². The van der Waals surface area contributed by atoms with Crippen LogP contribution >= 0.6 is 0 Å². The van der Waals surface area contributed by atoms with E-state index in [4.69, 9.17) is 4.74 Å². The molecule has 0 heterocycles. The summed E-state index contributed by atoms with van der Waals surface area (Å²) in [6.07, 6.45) is -2.29. The van der Waals surface area contributed by atoms with Crippen LogP contribution in [0.4, 0.5) is 22.0 Å². The van der Waals surface area contributed by atoms with Gasteiger partial charge in [-0.3, -0.25) is 4.79 Å². The van der Waals surface area contributed by atoms with Crippen LogP contribution < -0.4 is 4.72 Å². The van der Waals surface area contributed by atoms with Crippen molar-refractivity contribution in [2.75, 3.05) is 13.2 Å². The third-order valence-corrected chi connectivity index (χ3v) is 4.86. The fourth-order valence-electron chi connectivity index (χ4n) is 1.48. The zero-order valence-electron chi connectivity index (χ0n) is 15.2. The van der Waals surface area contributed by atoms with Crippen molar-refractivity contribution in [3.8, 4) is 0 Å². The Morgan fingerprint density at radius 2 is 1.56 bits per heavy atom. The van der Waals surface area contributed by atoms with Gasteiger partial charge in [0.05, 0.1) is 5.41 Å². The highest BCUT2D eigenvalue weighted by Crippen LogP contribution is 2.30. The molecule has 0 aromatic rings. The summed E-state index contributed by atoms with van der Waals surface area (Å²) in [5, 5.41) is 0. The molecule has 0 rings (SSSR count). The van der Waals surface area contributed by atoms with Crippen molar-refractivity contribution in [3.63, 3.8) is 0 Å². The average molecular weight is 427 g/mol. The lowest BCUT2D eigenvalue weighted by Gasteiger charge is -2.28. The number of ether oxygens (including phenoxy) is 2. The Hall–Kier alpha value is -1.50. The Balaban J connectivity index is 4.84. The molecule has 27 heavy (non-hydrogen) atoms. The van der Waals surface area contributed by atoms with E-state index in [9.17, 15) is 40.0 Å². The molecular weight excluding hydrogens is 405 g/mol. The van der Waals surface area contributed by atoms with Crippen molar-refractivity contribution < 1.29 is 49.4 Å². The van der Waals surface area contributed by atoms with Crippen LogP contribution in [-0.2, 0) is 29.1 Å². The summed E-state index contributed by atoms with van der Waals surface area (Å²) in [7, 11) is -5.69. The maximum Gasteiger partial charge on any atom is 0.511 e. The number of carbonyl (C=O) groups is 2. The number of halogens is 5. The third kappa shape index (κ3) is 6.87. The number of alkyl halides is 5. The van der Waals surface area contributed by atoms with Gasteiger partial charge in [-0.15, -0.1) is 0 Å². The van der Waals surface area contributed by atoms with E-state index in [1.807, 2.05) is 0 Å². The molecule has 0 spiro atoms. The Bertz CT molecular complexity index is 632. The zero-order chi connectivity index (χ0) is 21.7. The summed E-state index contributed by atoms with van der Waals surface area (Å²) in [6.45, 7) is 3.65. The molecule has 13 heteroatoms. The Morgan fingerprint density at radius 1 is 1.04 bits per heavy atom. The predicted octanol–water partition coefficient (Wildman–Crippen LogP) is 2.36. The lowest BCUT2D eigenvalue weighted by atomic mass is 9.90. The molecule has 0 fully saturated rings. The lowest BCUT2D eigenvalue weighted by molar-refractivity contribution is -0.202. The quantitative estimate of drug-likeness (QED) is 0.327. The van der Waals surface area contributed by atoms with Gasteiger partial charge in [-0.2, -0.15) is 22.0 Å². The van der Waals surface area contributed by atoms with Gasteiger partial charge in [0.25, 0.3) is 0 Å². The van der Waals surface area contributed by atoms with Crippen LogP contribution in [0.1, 0.15) is 40.5 Å². The minimum atomic E-state index is -5.69. The smallest absolute Gasteiger partial charge is 0.460 e. The standard InChI is InChI=1S/C14H22F5NO6S/c1-5-9(26-10(21)12(3,4)6-2)13(15,16)11(22)25-8-7-20-27(23,24)14(17,18)19/h9,20H,5-8H2,1-4H3. The van der Waals surface area contributed by atoms with Crippen molar-refractivity contribution in [3.05, 3.63) is 0 Å². The Kier molecular flexibility index (Phi) is 8.62. The van der Waals surface area contributed by atoms with E-state index in [0.29, 0.717) is 0 Å². The molecule has 0 aliphatic carbocycles. The van der Waals surface area contributed by atoms with E-state index in [0.717, 1.165) is 4.72 Å². The first-order valence-electron chi connectivity index (χ1n) is 7.85. The molecule has 0 bridgehead atoms. The molecule has 0 saturated carbocycles. The molecule has 0 saturated heterocycles. The van der Waals surface area contributed by atoms with E-state index >= 15 is 0 Å². The fraction of sp³-hybridized carbons (Fsp3) is 0.857. The number of sulfonamides is 1. The third-order valence-electron chi connectivity index (χ3n) is 3.67. The fourth-order valence-corrected chi connectivity index (χ4v) is 1.99. The second-order valence-corrected chi connectivity index (χ2v) is 7.90. The van der Waals surface area contributed by atoms with Crippen LogP contribution in [0, 0.1) is 5.41 Å². The highest BCUT2D eigenvalue weighted by molar-refractivity contribution is 7.90. The molecule has 160 valence electrons. The molecule has 1 atom stereocenters. The molecule has 0 aliphatic heterocycles. The van der Waals surface area contributed by atoms with Crippen molar-refractivity contribution in [2.24, 2.45) is 5.41 Å². The van der Waals surface area contributed by atoms with E-state index < -0.39 is 64.5 Å². The number of carbonyl (C=O) groups excluding carboxylic acids is 2. The topological polar surface area (TPSA) is 98.8 Å². The van der Waals surface area contributed by atoms with Gasteiger partial charge in [0.1, 0.15) is 6.61 Å². The van der Waals surface area contributed by atoms with E-state index in [1.165, 1.54) is 20.8 Å². The number of esters is 2. The molecular formula is C14H22F5NO6S. The number of hydrogen-bond acceptors (Lipinski definition) is 6. The normalized spacial score (nSPS) is 14.6. The van der Waals surface area contributed by atoms with Crippen LogP contribution in [0.2, 0.25) is 0 Å². The van der Waals surface area contributed by atoms with Crippen molar-refractivity contribution in [1.82, 2.24) is 4.72 Å². The summed E-state index contributed by atoms with van der Waals surface area (Å²) in [6, 6.07) is 0. The second-order valence-electron chi connectivity index (χ2n) is 6.14. The molecule has 1 unspecified atom stereocenters. The molecule has 0 radical (unpaired) electrons. The van der Waals surface area contributed by atoms with Crippen LogP contribution in [0.15, 0.2) is 0 Å². The summed E-state index contributed by atoms with van der Waals surface area (Å²) in [4.78, 5) is 23.4. The average Bonchev–Trinajstić information content (AvgIpc) is 2.54. The zero-order valence-corrected chi connectivity index (χ0v) is 16.0. The molecule has 0 aromatic carbocycles. The van der Waals surface area contributed by atoms with Gasteiger partial charge in [0, 0.05) is 6.54 Å². The first-order chi connectivity index (χ1) is 12.0. The second kappa shape index (κ2) is 9.13. The molecule has 0 aliphatic rings. The number of rotatable bonds is 10. The van der Waals surface area contributed by atoms with Crippen molar-refractivity contribution >= 4 is 22.0 Å². The van der Waals surface area contributed by atoms with E-state index in [1.54, 1.807) is 6.92 Å². The number of nitrogens with one attached hydrogen (secondary N) is 1. The largest absolute Gasteiger partial charge is 0.511 e. The van der Waals surface area contributed by atoms with Crippen LogP contribution in [0.3, 0.4) is 0 Å². The van der Waals surface area contributed by atoms with Crippen LogP contribution in [0.25, 0.3) is 0 Å². The summed E-state index contributed by atoms with van der Waals surface area (Å²) in [5.41, 5.74) is -6.65. The highest BCUT2D eigenvalue weighted by atomic mass is 32.2. The molecule has 1 N–H and O–H groups in total. The minimum Gasteiger partial charge on any atom is -0.460 e. The summed E-state index contributed by atoms with van der Waals surface area (Å²) in [5.74, 6) is -7.37. The maximum absolute atomic E-state index is 14.1. The van der Waals surface area contributed by atoms with Crippen molar-refractivity contribution in [1.29, 1.82) is 0 Å². The van der Waals surface area contributed by atoms with Crippen molar-refractivity contribution in [2.45, 2.75) is 58.1 Å². The van der Waals surface area contributed by atoms with Gasteiger partial charge >= 0.3 is 33.4 Å². The first-order valence-corrected chi connectivity index (χ1v) is 9.33. The Labute approximate surface area is 153 Å². The Morgan fingerprint density at radius 3 is 1.96 bits per heavy atom. The maximum atomic E-state index is 14.1. The van der Waals surface area contributed by atoms with Gasteiger partial charge in [-0.05, 0) is 26.7 Å². The van der Waals surface area contributed by atoms with Gasteiger partial charge in [-0.1, -0.05) is 13.8 Å². The monoisotopic (exact) mass is 427 g/mol. The number of hydrogen-bond donors (Lipinski definition) is 1. The van der Waals surface area contributed by atoms with Gasteiger partial charge in [0.15, 0.2) is 6.10 Å². The van der Waals surface area contributed by atoms with Gasteiger partial charge in [-0.25, -0.2) is 17.9 Å². The van der Waals surface area contributed by atoms with Crippen LogP contribution in [0.5, 0.6) is 0 Å². The van der Waals surface area contributed by atoms with Crippen LogP contribution in [-0.4, -0.2) is 51.0 Å². The van der Waals surface area contributed by atoms with E-state index in [2.05, 4.69) is 4.74 Å². The highest BCUT2D eigenvalue weighted by Gasteiger charge is 2.51. The summed E-state index contributed by atoms with van der Waals surface area (Å²) < 4.78 is 95.8. The molecule has 7 nitrogen and oxygen atoms in total. The van der Waals surface area contributed by atoms with Gasteiger partial charge in [0.2, 0.25) is 0 Å². The molecule has 0 amide bonds. The van der Waals surface area contributed by atoms with E-state index in [-0.39, 0.29) is 6.42 Å². The SMILES string of the molecule is CCC(OC(=O)C(C)(C)CC)C(F)(F)C(=O)OCCNS(=O)(=O)C(F)(F)F. The first kappa shape index (κ1) is 25.5.